The monoisotopic (exact) mass is 384 g/mol. The molecule has 0 unspecified atom stereocenters. The Balaban J connectivity index is 1.55. The van der Waals surface area contributed by atoms with E-state index in [0.717, 1.165) is 36.6 Å². The molecular formula is C21H24N2O3S. The van der Waals surface area contributed by atoms with Crippen LogP contribution >= 0.6 is 11.3 Å². The molecule has 2 saturated heterocycles. The lowest BCUT2D eigenvalue weighted by molar-refractivity contribution is -0.134. The number of thiophene rings is 1. The number of likely N-dealkylation sites (tertiary alicyclic amines) is 2. The first-order valence-electron chi connectivity index (χ1n) is 9.50. The van der Waals surface area contributed by atoms with Crippen molar-refractivity contribution in [3.8, 4) is 5.75 Å². The van der Waals surface area contributed by atoms with Gasteiger partial charge in [0.2, 0.25) is 5.91 Å². The van der Waals surface area contributed by atoms with Gasteiger partial charge in [0.05, 0.1) is 11.4 Å². The van der Waals surface area contributed by atoms with Gasteiger partial charge in [-0.3, -0.25) is 9.59 Å². The highest BCUT2D eigenvalue weighted by Gasteiger charge is 2.43. The molecule has 5 nitrogen and oxygen atoms in total. The van der Waals surface area contributed by atoms with Crippen LogP contribution in [0.1, 0.15) is 33.8 Å². The number of ether oxygens (including phenoxy) is 1. The molecule has 2 fully saturated rings. The summed E-state index contributed by atoms with van der Waals surface area (Å²) < 4.78 is 6.08. The second-order valence-electron chi connectivity index (χ2n) is 7.20. The highest BCUT2D eigenvalue weighted by atomic mass is 32.1. The number of carbonyl (C=O) groups excluding carboxylic acids is 2. The molecule has 2 aromatic rings. The molecule has 27 heavy (non-hydrogen) atoms. The number of amides is 2. The van der Waals surface area contributed by atoms with E-state index >= 15 is 0 Å². The Morgan fingerprint density at radius 3 is 2.48 bits per heavy atom. The van der Waals surface area contributed by atoms with E-state index in [1.165, 1.54) is 11.3 Å². The van der Waals surface area contributed by atoms with Gasteiger partial charge in [-0.1, -0.05) is 18.2 Å². The van der Waals surface area contributed by atoms with E-state index in [1.54, 1.807) is 4.90 Å². The predicted molar refractivity (Wildman–Crippen MR) is 105 cm³/mol. The normalized spacial score (nSPS) is 22.3. The second-order valence-corrected chi connectivity index (χ2v) is 8.49. The van der Waals surface area contributed by atoms with E-state index in [9.17, 15) is 9.59 Å². The number of hydrogen-bond acceptors (Lipinski definition) is 4. The fraction of sp³-hybridized carbons (Fsp3) is 0.429. The van der Waals surface area contributed by atoms with Crippen molar-refractivity contribution in [3.63, 3.8) is 0 Å². The Kier molecular flexibility index (Phi) is 5.16. The summed E-state index contributed by atoms with van der Waals surface area (Å²) in [7, 11) is 0. The third-order valence-corrected chi connectivity index (χ3v) is 6.21. The summed E-state index contributed by atoms with van der Waals surface area (Å²) in [5.41, 5.74) is 0. The zero-order valence-electron chi connectivity index (χ0n) is 15.5. The first-order chi connectivity index (χ1) is 13.1. The van der Waals surface area contributed by atoms with Crippen LogP contribution in [-0.2, 0) is 4.79 Å². The number of para-hydroxylation sites is 1. The van der Waals surface area contributed by atoms with Crippen LogP contribution in [0.4, 0.5) is 0 Å². The molecule has 0 saturated carbocycles. The number of aryl methyl sites for hydroxylation is 1. The van der Waals surface area contributed by atoms with Crippen LogP contribution in [-0.4, -0.2) is 53.4 Å². The van der Waals surface area contributed by atoms with Gasteiger partial charge in [0, 0.05) is 24.4 Å². The Morgan fingerprint density at radius 2 is 1.81 bits per heavy atom. The molecule has 0 N–H and O–H groups in total. The summed E-state index contributed by atoms with van der Waals surface area (Å²) in [6.45, 7) is 4.01. The maximum absolute atomic E-state index is 13.1. The maximum Gasteiger partial charge on any atom is 0.264 e. The van der Waals surface area contributed by atoms with Crippen LogP contribution in [0.15, 0.2) is 42.5 Å². The van der Waals surface area contributed by atoms with Gasteiger partial charge in [-0.25, -0.2) is 0 Å². The average Bonchev–Trinajstić information content (AvgIpc) is 3.42. The number of rotatable bonds is 4. The van der Waals surface area contributed by atoms with Crippen molar-refractivity contribution >= 4 is 23.2 Å². The quantitative estimate of drug-likeness (QED) is 0.812. The molecule has 2 aliphatic rings. The summed E-state index contributed by atoms with van der Waals surface area (Å²) >= 11 is 1.48. The Hall–Kier alpha value is -2.34. The van der Waals surface area contributed by atoms with E-state index in [0.29, 0.717) is 17.8 Å². The van der Waals surface area contributed by atoms with Gasteiger partial charge in [-0.05, 0) is 44.0 Å². The van der Waals surface area contributed by atoms with E-state index in [4.69, 9.17) is 4.74 Å². The molecule has 2 amide bonds. The zero-order chi connectivity index (χ0) is 18.8. The Morgan fingerprint density at radius 1 is 1.07 bits per heavy atom. The lowest BCUT2D eigenvalue weighted by Gasteiger charge is -2.27. The number of carbonyl (C=O) groups is 2. The van der Waals surface area contributed by atoms with Gasteiger partial charge in [0.1, 0.15) is 17.9 Å². The van der Waals surface area contributed by atoms with Crippen molar-refractivity contribution < 1.29 is 14.3 Å². The number of benzene rings is 1. The van der Waals surface area contributed by atoms with E-state index in [2.05, 4.69) is 0 Å². The molecular weight excluding hydrogens is 360 g/mol. The van der Waals surface area contributed by atoms with Gasteiger partial charge in [-0.2, -0.15) is 0 Å². The van der Waals surface area contributed by atoms with Crippen LogP contribution in [0.2, 0.25) is 0 Å². The predicted octanol–water partition coefficient (Wildman–Crippen LogP) is 3.34. The van der Waals surface area contributed by atoms with Crippen molar-refractivity contribution in [1.29, 1.82) is 0 Å². The number of hydrogen-bond donors (Lipinski definition) is 0. The molecule has 0 bridgehead atoms. The highest BCUT2D eigenvalue weighted by Crippen LogP contribution is 2.28. The van der Waals surface area contributed by atoms with Crippen LogP contribution in [0, 0.1) is 6.92 Å². The first-order valence-corrected chi connectivity index (χ1v) is 10.3. The summed E-state index contributed by atoms with van der Waals surface area (Å²) in [6, 6.07) is 13.0. The largest absolute Gasteiger partial charge is 0.488 e. The van der Waals surface area contributed by atoms with E-state index in [-0.39, 0.29) is 17.9 Å². The molecule has 4 rings (SSSR count). The molecule has 6 heteroatoms. The standard InChI is InChI=1S/C21H24N2O3S/c1-15-9-10-19(27-15)21(25)23-14-17(26-16-7-3-2-4-8-16)13-18(23)20(24)22-11-5-6-12-22/h2-4,7-10,17-18H,5-6,11-14H2,1H3/t17-,18-/m0/s1. The molecule has 142 valence electrons. The smallest absolute Gasteiger partial charge is 0.264 e. The minimum Gasteiger partial charge on any atom is -0.488 e. The molecule has 3 heterocycles. The van der Waals surface area contributed by atoms with Crippen LogP contribution in [0.25, 0.3) is 0 Å². The van der Waals surface area contributed by atoms with Gasteiger partial charge in [-0.15, -0.1) is 11.3 Å². The Bertz CT molecular complexity index is 814. The van der Waals surface area contributed by atoms with Gasteiger partial charge in [0.15, 0.2) is 0 Å². The summed E-state index contributed by atoms with van der Waals surface area (Å²) in [6.07, 6.45) is 2.45. The fourth-order valence-electron chi connectivity index (χ4n) is 3.87. The lowest BCUT2D eigenvalue weighted by atomic mass is 10.1. The molecule has 1 aromatic heterocycles. The fourth-order valence-corrected chi connectivity index (χ4v) is 4.70. The first kappa shape index (κ1) is 18.0. The maximum atomic E-state index is 13.1. The van der Waals surface area contributed by atoms with Gasteiger partial charge >= 0.3 is 0 Å². The van der Waals surface area contributed by atoms with Crippen LogP contribution in [0.3, 0.4) is 0 Å². The van der Waals surface area contributed by atoms with Crippen molar-refractivity contribution in [2.24, 2.45) is 0 Å². The van der Waals surface area contributed by atoms with Gasteiger partial charge in [0.25, 0.3) is 5.91 Å². The Labute approximate surface area is 163 Å². The van der Waals surface area contributed by atoms with Crippen molar-refractivity contribution in [2.45, 2.75) is 38.3 Å². The van der Waals surface area contributed by atoms with Crippen LogP contribution < -0.4 is 4.74 Å². The second kappa shape index (κ2) is 7.72. The van der Waals surface area contributed by atoms with E-state index < -0.39 is 6.04 Å². The number of nitrogens with zero attached hydrogens (tertiary/aromatic N) is 2. The molecule has 0 aliphatic carbocycles. The average molecular weight is 385 g/mol. The summed E-state index contributed by atoms with van der Waals surface area (Å²) in [4.78, 5) is 31.6. The van der Waals surface area contributed by atoms with Crippen molar-refractivity contribution in [3.05, 3.63) is 52.2 Å². The topological polar surface area (TPSA) is 49.9 Å². The SMILES string of the molecule is Cc1ccc(C(=O)N2C[C@@H](Oc3ccccc3)C[C@H]2C(=O)N2CCCC2)s1. The molecule has 2 atom stereocenters. The lowest BCUT2D eigenvalue weighted by Crippen LogP contribution is -2.46. The zero-order valence-corrected chi connectivity index (χ0v) is 16.3. The molecule has 0 radical (unpaired) electrons. The molecule has 0 spiro atoms. The highest BCUT2D eigenvalue weighted by molar-refractivity contribution is 7.13. The third kappa shape index (κ3) is 3.86. The molecule has 2 aliphatic heterocycles. The minimum atomic E-state index is -0.438. The van der Waals surface area contributed by atoms with Crippen molar-refractivity contribution in [2.75, 3.05) is 19.6 Å². The summed E-state index contributed by atoms with van der Waals surface area (Å²) in [5.74, 6) is 0.772. The minimum absolute atomic E-state index is 0.0632. The third-order valence-electron chi connectivity index (χ3n) is 5.22. The van der Waals surface area contributed by atoms with Crippen molar-refractivity contribution in [1.82, 2.24) is 9.80 Å². The molecule has 1 aromatic carbocycles. The summed E-state index contributed by atoms with van der Waals surface area (Å²) in [5, 5.41) is 0. The van der Waals surface area contributed by atoms with E-state index in [1.807, 2.05) is 54.3 Å². The van der Waals surface area contributed by atoms with Gasteiger partial charge < -0.3 is 14.5 Å². The van der Waals surface area contributed by atoms with Crippen LogP contribution in [0.5, 0.6) is 5.75 Å².